The fourth-order valence-corrected chi connectivity index (χ4v) is 4.62. The zero-order valence-electron chi connectivity index (χ0n) is 10.7. The molecular formula is C13H26N2S. The quantitative estimate of drug-likeness (QED) is 0.824. The van der Waals surface area contributed by atoms with Crippen LogP contribution in [0, 0.1) is 0 Å². The predicted octanol–water partition coefficient (Wildman–Crippen LogP) is 2.47. The third kappa shape index (κ3) is 2.74. The van der Waals surface area contributed by atoms with Crippen molar-refractivity contribution in [3.05, 3.63) is 0 Å². The Bertz CT molecular complexity index is 214. The van der Waals surface area contributed by atoms with Crippen LogP contribution in [-0.2, 0) is 0 Å². The van der Waals surface area contributed by atoms with Crippen LogP contribution in [0.25, 0.3) is 0 Å². The summed E-state index contributed by atoms with van der Waals surface area (Å²) in [5.74, 6) is 1.36. The van der Waals surface area contributed by atoms with E-state index in [9.17, 15) is 0 Å². The largest absolute Gasteiger partial charge is 0.328 e. The number of thioether (sulfide) groups is 1. The lowest BCUT2D eigenvalue weighted by atomic mass is 9.89. The molecule has 0 aromatic rings. The first-order valence-electron chi connectivity index (χ1n) is 6.85. The molecular weight excluding hydrogens is 216 g/mol. The standard InChI is InChI=1S/C13H26N2S/c1-3-15(13-8-9-16-10(13)2)12-6-4-11(14)5-7-12/h10-13H,3-9,14H2,1-2H3. The second-order valence-corrected chi connectivity index (χ2v) is 6.82. The molecule has 0 spiro atoms. The molecule has 0 radical (unpaired) electrons. The van der Waals surface area contributed by atoms with Gasteiger partial charge in [0.2, 0.25) is 0 Å². The molecule has 2 atom stereocenters. The Labute approximate surface area is 104 Å². The first kappa shape index (κ1) is 12.7. The molecule has 1 saturated carbocycles. The molecule has 2 N–H and O–H groups in total. The summed E-state index contributed by atoms with van der Waals surface area (Å²) < 4.78 is 0. The summed E-state index contributed by atoms with van der Waals surface area (Å²) >= 11 is 2.15. The van der Waals surface area contributed by atoms with Crippen molar-refractivity contribution in [2.24, 2.45) is 5.73 Å². The maximum absolute atomic E-state index is 6.00. The van der Waals surface area contributed by atoms with E-state index >= 15 is 0 Å². The molecule has 0 amide bonds. The van der Waals surface area contributed by atoms with Gasteiger partial charge in [-0.25, -0.2) is 0 Å². The van der Waals surface area contributed by atoms with Crippen LogP contribution in [0.4, 0.5) is 0 Å². The van der Waals surface area contributed by atoms with E-state index in [1.165, 1.54) is 44.4 Å². The first-order chi connectivity index (χ1) is 7.72. The molecule has 16 heavy (non-hydrogen) atoms. The van der Waals surface area contributed by atoms with Crippen LogP contribution in [0.1, 0.15) is 46.0 Å². The number of hydrogen-bond acceptors (Lipinski definition) is 3. The highest BCUT2D eigenvalue weighted by molar-refractivity contribution is 8.00. The second kappa shape index (κ2) is 5.74. The molecule has 1 heterocycles. The SMILES string of the molecule is CCN(C1CCC(N)CC1)C1CCSC1C. The van der Waals surface area contributed by atoms with Crippen LogP contribution in [0.15, 0.2) is 0 Å². The Morgan fingerprint density at radius 3 is 2.38 bits per heavy atom. The van der Waals surface area contributed by atoms with E-state index in [0.717, 1.165) is 17.3 Å². The lowest BCUT2D eigenvalue weighted by molar-refractivity contribution is 0.107. The van der Waals surface area contributed by atoms with Gasteiger partial charge in [-0.15, -0.1) is 0 Å². The van der Waals surface area contributed by atoms with Crippen LogP contribution in [-0.4, -0.2) is 40.6 Å². The van der Waals surface area contributed by atoms with Gasteiger partial charge in [0.15, 0.2) is 0 Å². The zero-order chi connectivity index (χ0) is 11.5. The molecule has 1 aliphatic heterocycles. The van der Waals surface area contributed by atoms with Gasteiger partial charge < -0.3 is 5.73 Å². The van der Waals surface area contributed by atoms with Crippen LogP contribution in [0.3, 0.4) is 0 Å². The van der Waals surface area contributed by atoms with Crippen LogP contribution >= 0.6 is 11.8 Å². The van der Waals surface area contributed by atoms with Crippen molar-refractivity contribution < 1.29 is 0 Å². The van der Waals surface area contributed by atoms with E-state index in [-0.39, 0.29) is 0 Å². The summed E-state index contributed by atoms with van der Waals surface area (Å²) in [6.45, 7) is 5.94. The summed E-state index contributed by atoms with van der Waals surface area (Å²) in [7, 11) is 0. The van der Waals surface area contributed by atoms with Gasteiger partial charge >= 0.3 is 0 Å². The van der Waals surface area contributed by atoms with Gasteiger partial charge in [0.05, 0.1) is 0 Å². The fourth-order valence-electron chi connectivity index (χ4n) is 3.35. The van der Waals surface area contributed by atoms with Crippen LogP contribution in [0.5, 0.6) is 0 Å². The Balaban J connectivity index is 1.93. The molecule has 1 aliphatic carbocycles. The smallest absolute Gasteiger partial charge is 0.0222 e. The molecule has 1 saturated heterocycles. The molecule has 2 fully saturated rings. The van der Waals surface area contributed by atoms with Crippen LogP contribution in [0.2, 0.25) is 0 Å². The Kier molecular flexibility index (Phi) is 4.57. The lowest BCUT2D eigenvalue weighted by Gasteiger charge is -2.40. The maximum Gasteiger partial charge on any atom is 0.0222 e. The summed E-state index contributed by atoms with van der Waals surface area (Å²) in [6, 6.07) is 2.12. The van der Waals surface area contributed by atoms with E-state index in [2.05, 4.69) is 30.5 Å². The number of nitrogens with zero attached hydrogens (tertiary/aromatic N) is 1. The predicted molar refractivity (Wildman–Crippen MR) is 72.9 cm³/mol. The van der Waals surface area contributed by atoms with Crippen molar-refractivity contribution >= 4 is 11.8 Å². The minimum absolute atomic E-state index is 0.477. The van der Waals surface area contributed by atoms with Gasteiger partial charge in [-0.2, -0.15) is 11.8 Å². The van der Waals surface area contributed by atoms with E-state index in [0.29, 0.717) is 6.04 Å². The first-order valence-corrected chi connectivity index (χ1v) is 7.90. The van der Waals surface area contributed by atoms with Gasteiger partial charge in [0.1, 0.15) is 0 Å². The average molecular weight is 242 g/mol. The third-order valence-electron chi connectivity index (χ3n) is 4.34. The van der Waals surface area contributed by atoms with Gasteiger partial charge in [0.25, 0.3) is 0 Å². The van der Waals surface area contributed by atoms with Gasteiger partial charge in [-0.3, -0.25) is 4.90 Å². The summed E-state index contributed by atoms with van der Waals surface area (Å²) in [5, 5.41) is 0.829. The molecule has 3 heteroatoms. The topological polar surface area (TPSA) is 29.3 Å². The molecule has 0 aromatic carbocycles. The lowest BCUT2D eigenvalue weighted by Crippen LogP contribution is -2.48. The highest BCUT2D eigenvalue weighted by Crippen LogP contribution is 2.34. The normalized spacial score (nSPS) is 40.5. The van der Waals surface area contributed by atoms with E-state index in [4.69, 9.17) is 5.73 Å². The van der Waals surface area contributed by atoms with Gasteiger partial charge in [-0.05, 0) is 44.4 Å². The molecule has 0 aromatic heterocycles. The highest BCUT2D eigenvalue weighted by Gasteiger charge is 2.34. The molecule has 2 rings (SSSR count). The summed E-state index contributed by atoms with van der Waals surface area (Å²) in [4.78, 5) is 2.77. The number of rotatable bonds is 3. The Hall–Kier alpha value is 0.270. The highest BCUT2D eigenvalue weighted by atomic mass is 32.2. The fraction of sp³-hybridized carbons (Fsp3) is 1.00. The minimum atomic E-state index is 0.477. The van der Waals surface area contributed by atoms with Crippen molar-refractivity contribution in [1.29, 1.82) is 0 Å². The van der Waals surface area contributed by atoms with Crippen molar-refractivity contribution in [3.63, 3.8) is 0 Å². The van der Waals surface area contributed by atoms with E-state index in [1.807, 2.05) is 0 Å². The van der Waals surface area contributed by atoms with Gasteiger partial charge in [0, 0.05) is 23.4 Å². The monoisotopic (exact) mass is 242 g/mol. The average Bonchev–Trinajstić information content (AvgIpc) is 2.69. The minimum Gasteiger partial charge on any atom is -0.328 e. The summed E-state index contributed by atoms with van der Waals surface area (Å²) in [5.41, 5.74) is 6.00. The number of hydrogen-bond donors (Lipinski definition) is 1. The second-order valence-electron chi connectivity index (χ2n) is 5.33. The molecule has 2 unspecified atom stereocenters. The molecule has 94 valence electrons. The van der Waals surface area contributed by atoms with Gasteiger partial charge in [-0.1, -0.05) is 13.8 Å². The van der Waals surface area contributed by atoms with Crippen molar-refractivity contribution in [2.45, 2.75) is 69.3 Å². The van der Waals surface area contributed by atoms with Crippen molar-refractivity contribution in [1.82, 2.24) is 4.90 Å². The molecule has 2 nitrogen and oxygen atoms in total. The Morgan fingerprint density at radius 2 is 1.88 bits per heavy atom. The molecule has 0 bridgehead atoms. The van der Waals surface area contributed by atoms with Crippen LogP contribution < -0.4 is 5.73 Å². The van der Waals surface area contributed by atoms with Crippen molar-refractivity contribution in [2.75, 3.05) is 12.3 Å². The molecule has 2 aliphatic rings. The summed E-state index contributed by atoms with van der Waals surface area (Å²) in [6.07, 6.45) is 6.50. The van der Waals surface area contributed by atoms with E-state index < -0.39 is 0 Å². The third-order valence-corrected chi connectivity index (χ3v) is 5.65. The zero-order valence-corrected chi connectivity index (χ0v) is 11.5. The van der Waals surface area contributed by atoms with Crippen molar-refractivity contribution in [3.8, 4) is 0 Å². The van der Waals surface area contributed by atoms with E-state index in [1.54, 1.807) is 0 Å². The maximum atomic E-state index is 6.00. The Morgan fingerprint density at radius 1 is 1.19 bits per heavy atom. The number of nitrogens with two attached hydrogens (primary N) is 1.